The molecule has 1 saturated heterocycles. The zero-order valence-corrected chi connectivity index (χ0v) is 12.6. The first-order chi connectivity index (χ1) is 10.1. The summed E-state index contributed by atoms with van der Waals surface area (Å²) < 4.78 is 18.8. The molecule has 0 aromatic heterocycles. The fraction of sp³-hybridized carbons (Fsp3) is 0.533. The Morgan fingerprint density at radius 3 is 2.76 bits per heavy atom. The molecule has 0 bridgehead atoms. The summed E-state index contributed by atoms with van der Waals surface area (Å²) in [5.74, 6) is -0.627. The molecule has 1 fully saturated rings. The molecule has 21 heavy (non-hydrogen) atoms. The van der Waals surface area contributed by atoms with Gasteiger partial charge in [-0.25, -0.2) is 4.39 Å². The topological polar surface area (TPSA) is 55.6 Å². The van der Waals surface area contributed by atoms with E-state index in [0.717, 1.165) is 19.3 Å². The molecule has 1 aromatic rings. The van der Waals surface area contributed by atoms with E-state index in [0.29, 0.717) is 31.8 Å². The van der Waals surface area contributed by atoms with Gasteiger partial charge in [0.1, 0.15) is 5.82 Å². The molecule has 4 nitrogen and oxygen atoms in total. The maximum Gasteiger partial charge on any atom is 0.253 e. The molecule has 0 unspecified atom stereocenters. The number of carbonyl (C=O) groups is 1. The summed E-state index contributed by atoms with van der Waals surface area (Å²) in [5.41, 5.74) is 5.84. The van der Waals surface area contributed by atoms with Crippen LogP contribution in [0.4, 0.5) is 4.39 Å². The number of benzene rings is 1. The van der Waals surface area contributed by atoms with Gasteiger partial charge in [-0.2, -0.15) is 0 Å². The SMILES string of the molecule is NCCCOC1CCN(C(=O)c2ccc(F)c(Cl)c2)CC1. The number of nitrogens with two attached hydrogens (primary N) is 1. The van der Waals surface area contributed by atoms with Crippen LogP contribution in [0.1, 0.15) is 29.6 Å². The maximum absolute atomic E-state index is 13.1. The molecule has 0 spiro atoms. The number of piperidine rings is 1. The molecule has 0 aliphatic carbocycles. The Balaban J connectivity index is 1.86. The van der Waals surface area contributed by atoms with E-state index in [9.17, 15) is 9.18 Å². The third kappa shape index (κ3) is 4.40. The van der Waals surface area contributed by atoms with E-state index >= 15 is 0 Å². The Labute approximate surface area is 129 Å². The molecule has 1 aliphatic rings. The number of hydrogen-bond donors (Lipinski definition) is 1. The number of halogens is 2. The van der Waals surface area contributed by atoms with Crippen LogP contribution in [-0.2, 0) is 4.74 Å². The Bertz CT molecular complexity index is 491. The zero-order valence-electron chi connectivity index (χ0n) is 11.9. The van der Waals surface area contributed by atoms with Gasteiger partial charge in [0.25, 0.3) is 5.91 Å². The van der Waals surface area contributed by atoms with Gasteiger partial charge in [-0.15, -0.1) is 0 Å². The molecule has 1 heterocycles. The number of ether oxygens (including phenoxy) is 1. The van der Waals surface area contributed by atoms with Gasteiger partial charge in [0.15, 0.2) is 0 Å². The predicted octanol–water partition coefficient (Wildman–Crippen LogP) is 2.45. The lowest BCUT2D eigenvalue weighted by Gasteiger charge is -2.32. The molecule has 1 amide bonds. The normalized spacial score (nSPS) is 16.2. The summed E-state index contributed by atoms with van der Waals surface area (Å²) in [7, 11) is 0. The van der Waals surface area contributed by atoms with E-state index in [4.69, 9.17) is 22.1 Å². The number of carbonyl (C=O) groups excluding carboxylic acids is 1. The molecular formula is C15H20ClFN2O2. The fourth-order valence-electron chi connectivity index (χ4n) is 2.37. The standard InChI is InChI=1S/C15H20ClFN2O2/c16-13-10-11(2-3-14(13)17)15(20)19-7-4-12(5-8-19)21-9-1-6-18/h2-3,10,12H,1,4-9,18H2. The first-order valence-corrected chi connectivity index (χ1v) is 7.55. The average molecular weight is 315 g/mol. The molecule has 2 N–H and O–H groups in total. The highest BCUT2D eigenvalue weighted by Gasteiger charge is 2.24. The van der Waals surface area contributed by atoms with E-state index in [-0.39, 0.29) is 17.0 Å². The van der Waals surface area contributed by atoms with Gasteiger partial charge in [0.2, 0.25) is 0 Å². The lowest BCUT2D eigenvalue weighted by Crippen LogP contribution is -2.41. The minimum atomic E-state index is -0.514. The molecule has 116 valence electrons. The third-order valence-electron chi connectivity index (χ3n) is 3.60. The number of nitrogens with zero attached hydrogens (tertiary/aromatic N) is 1. The first-order valence-electron chi connectivity index (χ1n) is 7.18. The van der Waals surface area contributed by atoms with Crippen molar-refractivity contribution in [1.82, 2.24) is 4.90 Å². The minimum absolute atomic E-state index is 0.0270. The molecular weight excluding hydrogens is 295 g/mol. The second-order valence-electron chi connectivity index (χ2n) is 5.13. The number of rotatable bonds is 5. The van der Waals surface area contributed by atoms with Crippen LogP contribution in [0.25, 0.3) is 0 Å². The lowest BCUT2D eigenvalue weighted by molar-refractivity contribution is 0.00844. The van der Waals surface area contributed by atoms with Crippen molar-refractivity contribution in [3.8, 4) is 0 Å². The summed E-state index contributed by atoms with van der Waals surface area (Å²) in [4.78, 5) is 14.1. The highest BCUT2D eigenvalue weighted by Crippen LogP contribution is 2.20. The van der Waals surface area contributed by atoms with Crippen LogP contribution in [0.3, 0.4) is 0 Å². The second kappa shape index (κ2) is 7.73. The Hall–Kier alpha value is -1.17. The monoisotopic (exact) mass is 314 g/mol. The quantitative estimate of drug-likeness (QED) is 0.849. The molecule has 6 heteroatoms. The zero-order chi connectivity index (χ0) is 15.2. The van der Waals surface area contributed by atoms with E-state index in [1.165, 1.54) is 18.2 Å². The van der Waals surface area contributed by atoms with E-state index in [1.54, 1.807) is 4.90 Å². The third-order valence-corrected chi connectivity index (χ3v) is 3.89. The van der Waals surface area contributed by atoms with Crippen LogP contribution >= 0.6 is 11.6 Å². The number of hydrogen-bond acceptors (Lipinski definition) is 3. The minimum Gasteiger partial charge on any atom is -0.378 e. The Kier molecular flexibility index (Phi) is 5.96. The second-order valence-corrected chi connectivity index (χ2v) is 5.54. The number of likely N-dealkylation sites (tertiary alicyclic amines) is 1. The Morgan fingerprint density at radius 1 is 1.43 bits per heavy atom. The molecule has 2 rings (SSSR count). The highest BCUT2D eigenvalue weighted by atomic mass is 35.5. The summed E-state index contributed by atoms with van der Waals surface area (Å²) in [6, 6.07) is 4.06. The van der Waals surface area contributed by atoms with Crippen molar-refractivity contribution >= 4 is 17.5 Å². The van der Waals surface area contributed by atoms with Gasteiger partial charge in [0.05, 0.1) is 11.1 Å². The molecule has 1 aromatic carbocycles. The van der Waals surface area contributed by atoms with Crippen LogP contribution < -0.4 is 5.73 Å². The van der Waals surface area contributed by atoms with Crippen molar-refractivity contribution in [1.29, 1.82) is 0 Å². The maximum atomic E-state index is 13.1. The summed E-state index contributed by atoms with van der Waals surface area (Å²) >= 11 is 5.71. The van der Waals surface area contributed by atoms with Gasteiger partial charge in [-0.1, -0.05) is 11.6 Å². The fourth-order valence-corrected chi connectivity index (χ4v) is 2.55. The van der Waals surface area contributed by atoms with Crippen LogP contribution in [0.15, 0.2) is 18.2 Å². The molecule has 0 saturated carbocycles. The smallest absolute Gasteiger partial charge is 0.253 e. The van der Waals surface area contributed by atoms with E-state index in [1.807, 2.05) is 0 Å². The predicted molar refractivity (Wildman–Crippen MR) is 80.0 cm³/mol. The van der Waals surface area contributed by atoms with Crippen LogP contribution in [-0.4, -0.2) is 43.2 Å². The van der Waals surface area contributed by atoms with E-state index < -0.39 is 5.82 Å². The van der Waals surface area contributed by atoms with Crippen LogP contribution in [0.2, 0.25) is 5.02 Å². The summed E-state index contributed by atoms with van der Waals surface area (Å²) in [5, 5.41) is -0.0270. The van der Waals surface area contributed by atoms with Crippen molar-refractivity contribution in [2.75, 3.05) is 26.2 Å². The van der Waals surface area contributed by atoms with Gasteiger partial charge < -0.3 is 15.4 Å². The molecule has 0 atom stereocenters. The molecule has 1 aliphatic heterocycles. The van der Waals surface area contributed by atoms with Gasteiger partial charge in [-0.05, 0) is 44.0 Å². The van der Waals surface area contributed by atoms with E-state index in [2.05, 4.69) is 0 Å². The average Bonchev–Trinajstić information content (AvgIpc) is 2.50. The highest BCUT2D eigenvalue weighted by molar-refractivity contribution is 6.31. The molecule has 0 radical (unpaired) electrons. The van der Waals surface area contributed by atoms with Crippen molar-refractivity contribution in [3.63, 3.8) is 0 Å². The number of amides is 1. The van der Waals surface area contributed by atoms with Crippen molar-refractivity contribution in [2.24, 2.45) is 5.73 Å². The van der Waals surface area contributed by atoms with Crippen LogP contribution in [0.5, 0.6) is 0 Å². The van der Waals surface area contributed by atoms with Gasteiger partial charge in [-0.3, -0.25) is 4.79 Å². The van der Waals surface area contributed by atoms with Gasteiger partial charge >= 0.3 is 0 Å². The van der Waals surface area contributed by atoms with Gasteiger partial charge in [0, 0.05) is 25.3 Å². The Morgan fingerprint density at radius 2 is 2.14 bits per heavy atom. The summed E-state index contributed by atoms with van der Waals surface area (Å²) in [6.45, 7) is 2.58. The largest absolute Gasteiger partial charge is 0.378 e. The first kappa shape index (κ1) is 16.2. The lowest BCUT2D eigenvalue weighted by atomic mass is 10.1. The van der Waals surface area contributed by atoms with Crippen molar-refractivity contribution in [3.05, 3.63) is 34.6 Å². The van der Waals surface area contributed by atoms with Crippen molar-refractivity contribution in [2.45, 2.75) is 25.4 Å². The van der Waals surface area contributed by atoms with Crippen molar-refractivity contribution < 1.29 is 13.9 Å². The summed E-state index contributed by atoms with van der Waals surface area (Å²) in [6.07, 6.45) is 2.67. The van der Waals surface area contributed by atoms with Crippen LogP contribution in [0, 0.1) is 5.82 Å².